The molecule has 0 saturated carbocycles. The van der Waals surface area contributed by atoms with E-state index in [1.165, 1.54) is 25.6 Å². The van der Waals surface area contributed by atoms with Crippen LogP contribution in [0.1, 0.15) is 23.0 Å². The van der Waals surface area contributed by atoms with Crippen LogP contribution in [0.2, 0.25) is 0 Å². The number of fused-ring (bicyclic) bond motifs is 1. The quantitative estimate of drug-likeness (QED) is 0.679. The van der Waals surface area contributed by atoms with Crippen molar-refractivity contribution < 1.29 is 24.2 Å². The van der Waals surface area contributed by atoms with Crippen LogP contribution in [0.3, 0.4) is 0 Å². The van der Waals surface area contributed by atoms with E-state index in [1.54, 1.807) is 25.1 Å². The molecule has 0 amide bonds. The number of carbonyl (C=O) groups excluding carboxylic acids is 2. The zero-order valence-corrected chi connectivity index (χ0v) is 12.8. The Morgan fingerprint density at radius 1 is 1.29 bits per heavy atom. The summed E-state index contributed by atoms with van der Waals surface area (Å²) >= 11 is 1.28. The molecule has 1 N–H and O–H groups in total. The van der Waals surface area contributed by atoms with Crippen LogP contribution in [0.15, 0.2) is 18.2 Å². The smallest absolute Gasteiger partial charge is 0.308 e. The van der Waals surface area contributed by atoms with Gasteiger partial charge in [0.05, 0.1) is 25.0 Å². The Kier molecular flexibility index (Phi) is 4.47. The van der Waals surface area contributed by atoms with Crippen LogP contribution in [0.25, 0.3) is 10.1 Å². The lowest BCUT2D eigenvalue weighted by Gasteiger charge is -2.06. The fourth-order valence-electron chi connectivity index (χ4n) is 2.02. The van der Waals surface area contributed by atoms with Gasteiger partial charge in [-0.25, -0.2) is 0 Å². The molecule has 1 heterocycles. The number of benzene rings is 1. The van der Waals surface area contributed by atoms with Crippen molar-refractivity contribution in [2.24, 2.45) is 5.92 Å². The van der Waals surface area contributed by atoms with E-state index in [9.17, 15) is 14.7 Å². The summed E-state index contributed by atoms with van der Waals surface area (Å²) in [7, 11) is 2.77. The van der Waals surface area contributed by atoms with Crippen LogP contribution < -0.4 is 4.74 Å². The number of Topliss-reactive ketones (excluding diaryl/α,β-unsaturated/α-hetero) is 1. The van der Waals surface area contributed by atoms with Crippen molar-refractivity contribution in [3.05, 3.63) is 23.1 Å². The number of phenolic OH excluding ortho intramolecular Hbond substituents is 1. The van der Waals surface area contributed by atoms with Crippen LogP contribution in [-0.4, -0.2) is 31.1 Å². The van der Waals surface area contributed by atoms with Gasteiger partial charge in [0.15, 0.2) is 17.3 Å². The zero-order chi connectivity index (χ0) is 15.6. The largest absolute Gasteiger partial charge is 0.504 e. The van der Waals surface area contributed by atoms with Gasteiger partial charge in [0.2, 0.25) is 0 Å². The van der Waals surface area contributed by atoms with Gasteiger partial charge in [-0.15, -0.1) is 11.3 Å². The number of thiophene rings is 1. The maximum atomic E-state index is 12.2. The molecule has 0 aliphatic rings. The predicted octanol–water partition coefficient (Wildman–Crippen LogP) is 3.00. The molecule has 21 heavy (non-hydrogen) atoms. The van der Waals surface area contributed by atoms with E-state index in [-0.39, 0.29) is 18.0 Å². The number of esters is 1. The first-order valence-electron chi connectivity index (χ1n) is 6.37. The first kappa shape index (κ1) is 15.3. The second kappa shape index (κ2) is 6.13. The molecule has 0 fully saturated rings. The monoisotopic (exact) mass is 308 g/mol. The molecule has 5 nitrogen and oxygen atoms in total. The number of hydrogen-bond acceptors (Lipinski definition) is 6. The third kappa shape index (κ3) is 3.16. The number of phenols is 1. The Bertz CT molecular complexity index is 689. The van der Waals surface area contributed by atoms with E-state index >= 15 is 0 Å². The second-order valence-electron chi connectivity index (χ2n) is 4.72. The average molecular weight is 308 g/mol. The lowest BCUT2D eigenvalue weighted by Crippen LogP contribution is -2.16. The molecule has 2 aromatic rings. The van der Waals surface area contributed by atoms with Crippen molar-refractivity contribution in [2.45, 2.75) is 13.3 Å². The van der Waals surface area contributed by atoms with Crippen molar-refractivity contribution in [1.82, 2.24) is 0 Å². The molecule has 112 valence electrons. The third-order valence-electron chi connectivity index (χ3n) is 3.19. The Morgan fingerprint density at radius 2 is 2.00 bits per heavy atom. The number of ether oxygens (including phenoxy) is 2. The summed E-state index contributed by atoms with van der Waals surface area (Å²) in [5.74, 6) is -0.594. The molecule has 1 atom stereocenters. The molecule has 1 aromatic carbocycles. The van der Waals surface area contributed by atoms with E-state index in [0.717, 1.165) is 10.1 Å². The molecule has 0 aliphatic heterocycles. The summed E-state index contributed by atoms with van der Waals surface area (Å²) in [6.45, 7) is 1.66. The molecule has 0 saturated heterocycles. The van der Waals surface area contributed by atoms with Crippen molar-refractivity contribution in [3.63, 3.8) is 0 Å². The summed E-state index contributed by atoms with van der Waals surface area (Å²) < 4.78 is 10.5. The average Bonchev–Trinajstić information content (AvgIpc) is 2.87. The SMILES string of the molecule is COC(=O)C(C)CC(=O)c1cc2cc(OC)c(O)cc2s1. The lowest BCUT2D eigenvalue weighted by molar-refractivity contribution is -0.144. The maximum Gasteiger partial charge on any atom is 0.308 e. The zero-order valence-electron chi connectivity index (χ0n) is 12.0. The van der Waals surface area contributed by atoms with Crippen molar-refractivity contribution in [1.29, 1.82) is 0 Å². The highest BCUT2D eigenvalue weighted by Crippen LogP contribution is 2.36. The van der Waals surface area contributed by atoms with Gasteiger partial charge in [-0.3, -0.25) is 9.59 Å². The van der Waals surface area contributed by atoms with E-state index in [1.807, 2.05) is 0 Å². The minimum absolute atomic E-state index is 0.0359. The fraction of sp³-hybridized carbons (Fsp3) is 0.333. The van der Waals surface area contributed by atoms with Crippen LogP contribution in [0.4, 0.5) is 0 Å². The topological polar surface area (TPSA) is 72.8 Å². The van der Waals surface area contributed by atoms with Crippen LogP contribution in [-0.2, 0) is 9.53 Å². The molecule has 6 heteroatoms. The van der Waals surface area contributed by atoms with Gasteiger partial charge in [-0.1, -0.05) is 6.92 Å². The Labute approximate surface area is 126 Å². The fourth-order valence-corrected chi connectivity index (χ4v) is 3.05. The maximum absolute atomic E-state index is 12.2. The van der Waals surface area contributed by atoms with Gasteiger partial charge >= 0.3 is 5.97 Å². The Hall–Kier alpha value is -2.08. The van der Waals surface area contributed by atoms with E-state index < -0.39 is 11.9 Å². The van der Waals surface area contributed by atoms with Gasteiger partial charge in [-0.05, 0) is 17.5 Å². The summed E-state index contributed by atoms with van der Waals surface area (Å²) in [5.41, 5.74) is 0. The summed E-state index contributed by atoms with van der Waals surface area (Å²) in [4.78, 5) is 24.1. The van der Waals surface area contributed by atoms with Gasteiger partial charge in [0, 0.05) is 17.2 Å². The predicted molar refractivity (Wildman–Crippen MR) is 80.2 cm³/mol. The van der Waals surface area contributed by atoms with Gasteiger partial charge < -0.3 is 14.6 Å². The van der Waals surface area contributed by atoms with Crippen LogP contribution >= 0.6 is 11.3 Å². The van der Waals surface area contributed by atoms with E-state index in [4.69, 9.17) is 4.74 Å². The normalized spacial score (nSPS) is 12.1. The molecule has 0 radical (unpaired) electrons. The molecule has 2 rings (SSSR count). The summed E-state index contributed by atoms with van der Waals surface area (Å²) in [5, 5.41) is 10.6. The molecule has 0 aliphatic carbocycles. The van der Waals surface area contributed by atoms with Crippen LogP contribution in [0, 0.1) is 5.92 Å². The Morgan fingerprint density at radius 3 is 2.62 bits per heavy atom. The van der Waals surface area contributed by atoms with Gasteiger partial charge in [-0.2, -0.15) is 0 Å². The first-order valence-corrected chi connectivity index (χ1v) is 7.19. The van der Waals surface area contributed by atoms with Crippen molar-refractivity contribution >= 4 is 33.2 Å². The molecular formula is C15H16O5S. The Balaban J connectivity index is 2.26. The standard InChI is InChI=1S/C15H16O5S/c1-8(15(18)20-3)4-11(17)14-6-9-5-12(19-2)10(16)7-13(9)21-14/h5-8,16H,4H2,1-3H3. The first-order chi connectivity index (χ1) is 9.96. The minimum atomic E-state index is -0.476. The molecule has 1 unspecified atom stereocenters. The van der Waals surface area contributed by atoms with Crippen molar-refractivity contribution in [2.75, 3.05) is 14.2 Å². The third-order valence-corrected chi connectivity index (χ3v) is 4.33. The van der Waals surface area contributed by atoms with E-state index in [0.29, 0.717) is 10.6 Å². The summed E-state index contributed by atoms with van der Waals surface area (Å²) in [6.07, 6.45) is 0.0998. The van der Waals surface area contributed by atoms with Crippen molar-refractivity contribution in [3.8, 4) is 11.5 Å². The number of carbonyl (C=O) groups is 2. The number of methoxy groups -OCH3 is 2. The number of aromatic hydroxyl groups is 1. The van der Waals surface area contributed by atoms with Crippen LogP contribution in [0.5, 0.6) is 11.5 Å². The minimum Gasteiger partial charge on any atom is -0.504 e. The number of ketones is 1. The van der Waals surface area contributed by atoms with Gasteiger partial charge in [0.1, 0.15) is 0 Å². The highest BCUT2D eigenvalue weighted by Gasteiger charge is 2.20. The molecule has 0 spiro atoms. The number of rotatable bonds is 5. The van der Waals surface area contributed by atoms with Gasteiger partial charge in [0.25, 0.3) is 0 Å². The summed E-state index contributed by atoms with van der Waals surface area (Å²) in [6, 6.07) is 5.00. The molecular weight excluding hydrogens is 292 g/mol. The second-order valence-corrected chi connectivity index (χ2v) is 5.81. The highest BCUT2D eigenvalue weighted by atomic mass is 32.1. The van der Waals surface area contributed by atoms with E-state index in [2.05, 4.69) is 4.74 Å². The number of hydrogen-bond donors (Lipinski definition) is 1. The molecule has 1 aromatic heterocycles. The lowest BCUT2D eigenvalue weighted by atomic mass is 10.0. The molecule has 0 bridgehead atoms. The highest BCUT2D eigenvalue weighted by molar-refractivity contribution is 7.20.